The zero-order valence-electron chi connectivity index (χ0n) is 14.0. The van der Waals surface area contributed by atoms with E-state index in [1.807, 2.05) is 0 Å². The molecular weight excluding hydrogens is 362 g/mol. The zero-order valence-corrected chi connectivity index (χ0v) is 14.0. The molecule has 0 spiro atoms. The van der Waals surface area contributed by atoms with Crippen LogP contribution in [-0.2, 0) is 12.8 Å². The second-order valence-electron chi connectivity index (χ2n) is 6.51. The molecule has 1 aliphatic rings. The molecule has 4 rings (SSSR count). The standard InChI is InChI=1S/C18H15F4N5/c19-12-5-13-11(7-25-27-13)14-8-3-1-2-4-9(8)15(26-16(12)14)10(6-23)17(24)18(20,21)22/h5-7,23H,1-4,24H2,(H,25,27). The van der Waals surface area contributed by atoms with Gasteiger partial charge in [0, 0.05) is 28.6 Å². The summed E-state index contributed by atoms with van der Waals surface area (Å²) in [6.07, 6.45) is -0.0225. The third-order valence-electron chi connectivity index (χ3n) is 4.95. The summed E-state index contributed by atoms with van der Waals surface area (Å²) in [6.45, 7) is 0. The lowest BCUT2D eigenvalue weighted by Crippen LogP contribution is -2.23. The number of allylic oxidation sites excluding steroid dienone is 2. The lowest BCUT2D eigenvalue weighted by atomic mass is 9.85. The van der Waals surface area contributed by atoms with Crippen molar-refractivity contribution in [2.24, 2.45) is 5.73 Å². The second kappa shape index (κ2) is 6.04. The summed E-state index contributed by atoms with van der Waals surface area (Å²) in [5, 5.41) is 15.4. The van der Waals surface area contributed by atoms with E-state index in [1.54, 1.807) is 6.20 Å². The molecule has 0 atom stereocenters. The van der Waals surface area contributed by atoms with Gasteiger partial charge in [0.1, 0.15) is 11.2 Å². The highest BCUT2D eigenvalue weighted by Crippen LogP contribution is 2.38. The molecule has 0 amide bonds. The van der Waals surface area contributed by atoms with E-state index in [2.05, 4.69) is 15.2 Å². The third-order valence-corrected chi connectivity index (χ3v) is 4.95. The monoisotopic (exact) mass is 377 g/mol. The molecule has 0 radical (unpaired) electrons. The SMILES string of the molecule is N=CC(=C(N)C(F)(F)F)c1nc2c(F)cc3[nH]ncc3c2c2c1CCCC2. The first kappa shape index (κ1) is 17.4. The number of fused-ring (bicyclic) bond motifs is 5. The molecule has 4 N–H and O–H groups in total. The minimum atomic E-state index is -4.81. The molecule has 1 aliphatic carbocycles. The van der Waals surface area contributed by atoms with Gasteiger partial charge in [0.05, 0.1) is 17.4 Å². The van der Waals surface area contributed by atoms with Gasteiger partial charge in [0.2, 0.25) is 0 Å². The van der Waals surface area contributed by atoms with Gasteiger partial charge >= 0.3 is 6.18 Å². The van der Waals surface area contributed by atoms with Crippen molar-refractivity contribution in [3.05, 3.63) is 40.6 Å². The number of nitrogens with zero attached hydrogens (tertiary/aromatic N) is 2. The zero-order chi connectivity index (χ0) is 19.3. The number of nitrogens with one attached hydrogen (secondary N) is 2. The maximum atomic E-state index is 14.7. The van der Waals surface area contributed by atoms with Crippen LogP contribution in [0.25, 0.3) is 27.4 Å². The first-order valence-electron chi connectivity index (χ1n) is 8.37. The predicted octanol–water partition coefficient (Wildman–Crippen LogP) is 4.01. The fraction of sp³-hybridized carbons (Fsp3) is 0.278. The largest absolute Gasteiger partial charge is 0.431 e. The lowest BCUT2D eigenvalue weighted by molar-refractivity contribution is -0.0919. The van der Waals surface area contributed by atoms with E-state index in [4.69, 9.17) is 11.1 Å². The molecule has 2 heterocycles. The predicted molar refractivity (Wildman–Crippen MR) is 93.9 cm³/mol. The molecule has 5 nitrogen and oxygen atoms in total. The Morgan fingerprint density at radius 3 is 2.59 bits per heavy atom. The first-order valence-corrected chi connectivity index (χ1v) is 8.37. The van der Waals surface area contributed by atoms with E-state index in [0.717, 1.165) is 18.4 Å². The molecule has 140 valence electrons. The highest BCUT2D eigenvalue weighted by molar-refractivity contribution is 6.12. The fourth-order valence-electron chi connectivity index (χ4n) is 3.73. The maximum absolute atomic E-state index is 14.7. The molecule has 0 unspecified atom stereocenters. The number of pyridine rings is 1. The van der Waals surface area contributed by atoms with Crippen LogP contribution in [0.3, 0.4) is 0 Å². The highest BCUT2D eigenvalue weighted by Gasteiger charge is 2.36. The number of aryl methyl sites for hydroxylation is 1. The summed E-state index contributed by atoms with van der Waals surface area (Å²) in [6, 6.07) is 1.22. The molecule has 2 aromatic heterocycles. The lowest BCUT2D eigenvalue weighted by Gasteiger charge is -2.23. The second-order valence-corrected chi connectivity index (χ2v) is 6.51. The third kappa shape index (κ3) is 2.65. The van der Waals surface area contributed by atoms with Gasteiger partial charge in [-0.1, -0.05) is 0 Å². The van der Waals surface area contributed by atoms with Gasteiger partial charge < -0.3 is 11.1 Å². The fourth-order valence-corrected chi connectivity index (χ4v) is 3.73. The van der Waals surface area contributed by atoms with Crippen LogP contribution in [0.1, 0.15) is 29.7 Å². The minimum Gasteiger partial charge on any atom is -0.394 e. The Hall–Kier alpha value is -2.97. The van der Waals surface area contributed by atoms with Crippen LogP contribution in [0.2, 0.25) is 0 Å². The average Bonchev–Trinajstić information content (AvgIpc) is 3.09. The number of H-pyrrole nitrogens is 1. The van der Waals surface area contributed by atoms with Gasteiger partial charge in [-0.05, 0) is 36.8 Å². The van der Waals surface area contributed by atoms with Crippen LogP contribution in [0.15, 0.2) is 18.0 Å². The van der Waals surface area contributed by atoms with Gasteiger partial charge in [-0.2, -0.15) is 18.3 Å². The Morgan fingerprint density at radius 2 is 1.93 bits per heavy atom. The highest BCUT2D eigenvalue weighted by atomic mass is 19.4. The molecular formula is C18H15F4N5. The Balaban J connectivity index is 2.16. The van der Waals surface area contributed by atoms with Crippen molar-refractivity contribution in [2.45, 2.75) is 31.9 Å². The van der Waals surface area contributed by atoms with Crippen molar-refractivity contribution in [2.75, 3.05) is 0 Å². The molecule has 0 bridgehead atoms. The summed E-state index contributed by atoms with van der Waals surface area (Å²) in [7, 11) is 0. The summed E-state index contributed by atoms with van der Waals surface area (Å²) in [4.78, 5) is 4.22. The molecule has 0 aliphatic heterocycles. The summed E-state index contributed by atoms with van der Waals surface area (Å²) < 4.78 is 54.2. The normalized spacial score (nSPS) is 15.7. The summed E-state index contributed by atoms with van der Waals surface area (Å²) >= 11 is 0. The quantitative estimate of drug-likeness (QED) is 0.465. The van der Waals surface area contributed by atoms with E-state index in [9.17, 15) is 17.6 Å². The van der Waals surface area contributed by atoms with Crippen molar-refractivity contribution in [3.63, 3.8) is 0 Å². The van der Waals surface area contributed by atoms with Gasteiger partial charge in [0.25, 0.3) is 0 Å². The van der Waals surface area contributed by atoms with E-state index in [1.165, 1.54) is 6.07 Å². The number of benzene rings is 1. The van der Waals surface area contributed by atoms with Crippen LogP contribution >= 0.6 is 0 Å². The average molecular weight is 377 g/mol. The van der Waals surface area contributed by atoms with E-state index in [-0.39, 0.29) is 11.2 Å². The van der Waals surface area contributed by atoms with Crippen LogP contribution in [0.4, 0.5) is 17.6 Å². The van der Waals surface area contributed by atoms with Crippen molar-refractivity contribution < 1.29 is 17.6 Å². The maximum Gasteiger partial charge on any atom is 0.431 e. The van der Waals surface area contributed by atoms with Crippen molar-refractivity contribution in [1.82, 2.24) is 15.2 Å². The number of nitrogens with two attached hydrogens (primary N) is 1. The van der Waals surface area contributed by atoms with Crippen molar-refractivity contribution >= 4 is 33.6 Å². The number of alkyl halides is 3. The topological polar surface area (TPSA) is 91.4 Å². The Kier molecular flexibility index (Phi) is 3.90. The number of aromatic nitrogens is 3. The van der Waals surface area contributed by atoms with Crippen LogP contribution in [0.5, 0.6) is 0 Å². The molecule has 0 saturated heterocycles. The van der Waals surface area contributed by atoms with E-state index in [0.29, 0.717) is 40.9 Å². The van der Waals surface area contributed by atoms with Crippen molar-refractivity contribution in [3.8, 4) is 0 Å². The molecule has 27 heavy (non-hydrogen) atoms. The van der Waals surface area contributed by atoms with E-state index >= 15 is 0 Å². The Labute approximate surface area is 150 Å². The molecule has 1 aromatic carbocycles. The minimum absolute atomic E-state index is 0.0334. The van der Waals surface area contributed by atoms with Crippen LogP contribution in [0, 0.1) is 11.2 Å². The number of rotatable bonds is 2. The number of hydrogen-bond acceptors (Lipinski definition) is 4. The smallest absolute Gasteiger partial charge is 0.394 e. The molecule has 3 aromatic rings. The van der Waals surface area contributed by atoms with Gasteiger partial charge in [-0.3, -0.25) is 5.10 Å². The first-order chi connectivity index (χ1) is 12.8. The summed E-state index contributed by atoms with van der Waals surface area (Å²) in [5.41, 5.74) is 5.09. The van der Waals surface area contributed by atoms with E-state index < -0.39 is 23.3 Å². The number of halogens is 4. The van der Waals surface area contributed by atoms with Crippen molar-refractivity contribution in [1.29, 1.82) is 5.41 Å². The Bertz CT molecular complexity index is 1110. The number of hydrogen-bond donors (Lipinski definition) is 3. The Morgan fingerprint density at radius 1 is 1.22 bits per heavy atom. The molecule has 9 heteroatoms. The van der Waals surface area contributed by atoms with Crippen LogP contribution < -0.4 is 5.73 Å². The molecule has 0 saturated carbocycles. The van der Waals surface area contributed by atoms with Crippen LogP contribution in [-0.4, -0.2) is 27.6 Å². The van der Waals surface area contributed by atoms with Gasteiger partial charge in [-0.15, -0.1) is 0 Å². The van der Waals surface area contributed by atoms with Gasteiger partial charge in [-0.25, -0.2) is 9.37 Å². The summed E-state index contributed by atoms with van der Waals surface area (Å²) in [5.74, 6) is -0.661. The molecule has 0 fully saturated rings. The van der Waals surface area contributed by atoms with Gasteiger partial charge in [0.15, 0.2) is 5.82 Å². The number of aromatic amines is 1.